The molecule has 1 aromatic heterocycles. The summed E-state index contributed by atoms with van der Waals surface area (Å²) in [5.41, 5.74) is 3.06. The summed E-state index contributed by atoms with van der Waals surface area (Å²) in [5, 5.41) is 8.81. The van der Waals surface area contributed by atoms with Crippen molar-refractivity contribution in [1.82, 2.24) is 15.1 Å². The molecule has 0 saturated heterocycles. The van der Waals surface area contributed by atoms with E-state index in [0.717, 1.165) is 21.8 Å². The molecule has 3 nitrogen and oxygen atoms in total. The van der Waals surface area contributed by atoms with Gasteiger partial charge in [-0.2, -0.15) is 5.10 Å². The monoisotopic (exact) mass is 283 g/mol. The van der Waals surface area contributed by atoms with Gasteiger partial charge in [0.2, 0.25) is 0 Å². The van der Waals surface area contributed by atoms with Crippen LogP contribution in [-0.4, -0.2) is 16.8 Å². The smallest absolute Gasteiger partial charge is 0.0837 e. The molecular formula is C13H15Cl2N3. The second-order valence-electron chi connectivity index (χ2n) is 4.23. The molecule has 18 heavy (non-hydrogen) atoms. The highest BCUT2D eigenvalue weighted by Gasteiger charge is 2.19. The van der Waals surface area contributed by atoms with Crippen molar-refractivity contribution in [2.24, 2.45) is 7.05 Å². The van der Waals surface area contributed by atoms with Crippen LogP contribution in [-0.2, 0) is 7.05 Å². The molecule has 0 aliphatic heterocycles. The molecule has 0 fully saturated rings. The number of aromatic nitrogens is 2. The molecule has 1 N–H and O–H groups in total. The summed E-state index contributed by atoms with van der Waals surface area (Å²) < 4.78 is 1.78. The molecular weight excluding hydrogens is 269 g/mol. The maximum atomic E-state index is 6.18. The number of benzene rings is 1. The van der Waals surface area contributed by atoms with Gasteiger partial charge in [0.1, 0.15) is 0 Å². The van der Waals surface area contributed by atoms with Crippen LogP contribution >= 0.6 is 23.2 Å². The molecule has 0 aliphatic carbocycles. The Morgan fingerprint density at radius 3 is 2.50 bits per heavy atom. The van der Waals surface area contributed by atoms with Crippen LogP contribution in [0, 0.1) is 6.92 Å². The van der Waals surface area contributed by atoms with Gasteiger partial charge in [-0.25, -0.2) is 0 Å². The average Bonchev–Trinajstić information content (AvgIpc) is 2.66. The van der Waals surface area contributed by atoms with Crippen molar-refractivity contribution in [3.05, 3.63) is 51.3 Å². The maximum Gasteiger partial charge on any atom is 0.0837 e. The summed E-state index contributed by atoms with van der Waals surface area (Å²) in [5.74, 6) is 0. The van der Waals surface area contributed by atoms with E-state index < -0.39 is 0 Å². The van der Waals surface area contributed by atoms with Crippen LogP contribution in [0.25, 0.3) is 0 Å². The fraction of sp³-hybridized carbons (Fsp3) is 0.308. The number of rotatable bonds is 3. The van der Waals surface area contributed by atoms with Crippen LogP contribution < -0.4 is 5.32 Å². The van der Waals surface area contributed by atoms with E-state index in [2.05, 4.69) is 10.4 Å². The standard InChI is InChI=1S/C13H15Cl2N3/c1-8-4-5-9(6-10(8)14)12(16-2)13-11(15)7-17-18(13)3/h4-7,12,16H,1-3H3. The molecule has 0 amide bonds. The molecule has 0 bridgehead atoms. The highest BCUT2D eigenvalue weighted by atomic mass is 35.5. The molecule has 96 valence electrons. The van der Waals surface area contributed by atoms with Gasteiger partial charge in [0.05, 0.1) is 23.0 Å². The SMILES string of the molecule is CNC(c1ccc(C)c(Cl)c1)c1c(Cl)cnn1C. The molecule has 0 radical (unpaired) electrons. The normalized spacial score (nSPS) is 12.7. The van der Waals surface area contributed by atoms with E-state index in [0.29, 0.717) is 5.02 Å². The lowest BCUT2D eigenvalue weighted by molar-refractivity contribution is 0.606. The lowest BCUT2D eigenvalue weighted by atomic mass is 10.0. The highest BCUT2D eigenvalue weighted by Crippen LogP contribution is 2.29. The lowest BCUT2D eigenvalue weighted by Gasteiger charge is -2.18. The predicted molar refractivity (Wildman–Crippen MR) is 75.3 cm³/mol. The van der Waals surface area contributed by atoms with Crippen molar-refractivity contribution in [3.63, 3.8) is 0 Å². The first-order valence-corrected chi connectivity index (χ1v) is 6.41. The minimum absolute atomic E-state index is 0.0249. The Kier molecular flexibility index (Phi) is 3.95. The Hall–Kier alpha value is -1.03. The van der Waals surface area contributed by atoms with Crippen molar-refractivity contribution in [1.29, 1.82) is 0 Å². The van der Waals surface area contributed by atoms with Gasteiger partial charge in [-0.15, -0.1) is 0 Å². The third-order valence-corrected chi connectivity index (χ3v) is 3.73. The summed E-state index contributed by atoms with van der Waals surface area (Å²) in [4.78, 5) is 0. The second-order valence-corrected chi connectivity index (χ2v) is 5.05. The van der Waals surface area contributed by atoms with Gasteiger partial charge < -0.3 is 5.32 Å². The zero-order valence-electron chi connectivity index (χ0n) is 10.5. The van der Waals surface area contributed by atoms with Gasteiger partial charge in [-0.05, 0) is 31.2 Å². The molecule has 2 rings (SSSR count). The van der Waals surface area contributed by atoms with Crippen LogP contribution in [0.5, 0.6) is 0 Å². The second kappa shape index (κ2) is 5.31. The molecule has 0 saturated carbocycles. The summed E-state index contributed by atoms with van der Waals surface area (Å²) in [6.07, 6.45) is 1.65. The van der Waals surface area contributed by atoms with Crippen LogP contribution in [0.2, 0.25) is 10.0 Å². The first kappa shape index (κ1) is 13.4. The molecule has 2 aromatic rings. The van der Waals surface area contributed by atoms with Crippen LogP contribution in [0.1, 0.15) is 22.9 Å². The van der Waals surface area contributed by atoms with Crippen molar-refractivity contribution < 1.29 is 0 Å². The molecule has 0 spiro atoms. The fourth-order valence-corrected chi connectivity index (χ4v) is 2.46. The van der Waals surface area contributed by atoms with Crippen molar-refractivity contribution in [2.45, 2.75) is 13.0 Å². The third kappa shape index (κ3) is 2.39. The molecule has 1 unspecified atom stereocenters. The van der Waals surface area contributed by atoms with Gasteiger partial charge in [-0.3, -0.25) is 4.68 Å². The van der Waals surface area contributed by atoms with Crippen LogP contribution in [0.4, 0.5) is 0 Å². The van der Waals surface area contributed by atoms with E-state index in [1.54, 1.807) is 10.9 Å². The zero-order chi connectivity index (χ0) is 13.3. The third-order valence-electron chi connectivity index (χ3n) is 3.03. The van der Waals surface area contributed by atoms with E-state index >= 15 is 0 Å². The minimum atomic E-state index is -0.0249. The van der Waals surface area contributed by atoms with Gasteiger partial charge in [-0.1, -0.05) is 35.3 Å². The maximum absolute atomic E-state index is 6.18. The summed E-state index contributed by atoms with van der Waals surface area (Å²) in [7, 11) is 3.77. The Bertz CT molecular complexity index is 544. The van der Waals surface area contributed by atoms with E-state index in [9.17, 15) is 0 Å². The molecule has 1 heterocycles. The number of nitrogens with one attached hydrogen (secondary N) is 1. The zero-order valence-corrected chi connectivity index (χ0v) is 12.0. The Labute approximate surface area is 117 Å². The van der Waals surface area contributed by atoms with Gasteiger partial charge >= 0.3 is 0 Å². The molecule has 5 heteroatoms. The largest absolute Gasteiger partial charge is 0.308 e. The molecule has 1 aromatic carbocycles. The van der Waals surface area contributed by atoms with Crippen molar-refractivity contribution in [3.8, 4) is 0 Å². The van der Waals surface area contributed by atoms with Gasteiger partial charge in [0, 0.05) is 12.1 Å². The molecule has 0 aliphatic rings. The number of aryl methyl sites for hydroxylation is 2. The van der Waals surface area contributed by atoms with E-state index in [1.165, 1.54) is 0 Å². The number of halogens is 2. The van der Waals surface area contributed by atoms with Gasteiger partial charge in [0.25, 0.3) is 0 Å². The molecule has 1 atom stereocenters. The Morgan fingerprint density at radius 2 is 2.00 bits per heavy atom. The van der Waals surface area contributed by atoms with E-state index in [-0.39, 0.29) is 6.04 Å². The quantitative estimate of drug-likeness (QED) is 0.936. The Balaban J connectivity index is 2.48. The average molecular weight is 284 g/mol. The number of nitrogens with zero attached hydrogens (tertiary/aromatic N) is 2. The predicted octanol–water partition coefficient (Wildman–Crippen LogP) is 3.34. The topological polar surface area (TPSA) is 29.9 Å². The van der Waals surface area contributed by atoms with Crippen molar-refractivity contribution in [2.75, 3.05) is 7.05 Å². The Morgan fingerprint density at radius 1 is 1.28 bits per heavy atom. The highest BCUT2D eigenvalue weighted by molar-refractivity contribution is 6.31. The lowest BCUT2D eigenvalue weighted by Crippen LogP contribution is -2.21. The number of hydrogen-bond donors (Lipinski definition) is 1. The minimum Gasteiger partial charge on any atom is -0.308 e. The van der Waals surface area contributed by atoms with E-state index in [1.807, 2.05) is 39.2 Å². The van der Waals surface area contributed by atoms with Gasteiger partial charge in [0.15, 0.2) is 0 Å². The van der Waals surface area contributed by atoms with Crippen molar-refractivity contribution >= 4 is 23.2 Å². The summed E-state index contributed by atoms with van der Waals surface area (Å²) in [6, 6.07) is 5.99. The summed E-state index contributed by atoms with van der Waals surface area (Å²) in [6.45, 7) is 1.98. The van der Waals surface area contributed by atoms with Crippen LogP contribution in [0.3, 0.4) is 0 Å². The first-order valence-electron chi connectivity index (χ1n) is 5.65. The van der Waals surface area contributed by atoms with Crippen LogP contribution in [0.15, 0.2) is 24.4 Å². The fourth-order valence-electron chi connectivity index (χ4n) is 1.99. The number of hydrogen-bond acceptors (Lipinski definition) is 2. The summed E-state index contributed by atoms with van der Waals surface area (Å²) >= 11 is 12.4. The first-order chi connectivity index (χ1) is 8.54. The van der Waals surface area contributed by atoms with E-state index in [4.69, 9.17) is 23.2 Å².